The Balaban J connectivity index is 1.58. The summed E-state index contributed by atoms with van der Waals surface area (Å²) in [5.74, 6) is 2.17. The van der Waals surface area contributed by atoms with Gasteiger partial charge in [0.2, 0.25) is 0 Å². The molecule has 3 N–H and O–H groups in total. The van der Waals surface area contributed by atoms with Gasteiger partial charge in [-0.05, 0) is 131 Å². The van der Waals surface area contributed by atoms with Crippen molar-refractivity contribution < 1.29 is 28.5 Å². The molecule has 2 aromatic carbocycles. The molecule has 4 aliphatic rings. The fourth-order valence-corrected chi connectivity index (χ4v) is 8.41. The largest absolute Gasteiger partial charge is 0.496 e. The molecule has 0 aliphatic heterocycles. The van der Waals surface area contributed by atoms with Crippen molar-refractivity contribution in [1.82, 2.24) is 5.32 Å². The van der Waals surface area contributed by atoms with Gasteiger partial charge in [0.05, 0.1) is 43.5 Å². The summed E-state index contributed by atoms with van der Waals surface area (Å²) >= 11 is 3.45. The number of allylic oxidation sites excluding steroid dienone is 1. The summed E-state index contributed by atoms with van der Waals surface area (Å²) in [6, 6.07) is 11.3. The zero-order valence-electron chi connectivity index (χ0n) is 29.9. The first kappa shape index (κ1) is 36.7. The Hall–Kier alpha value is -3.53. The number of carbonyl (C=O) groups is 2. The molecule has 4 aliphatic carbocycles. The molecule has 0 unspecified atom stereocenters. The standard InChI is InChI=1S/C39H52BrN3O6/c1-23(2)29-21-28(48-15-9-14-40)12-13-31(29)42-32(35-33(46-6)10-8-11-34(35)47-7)22-30(41)36(44)43-39(37(45)49-38(3,4)5)26-17-24-16-25(19-26)20-27(39)18-24/h8,10-13,21-27H,9,14-20,41H2,1-7H3,(H,43,44). The summed E-state index contributed by atoms with van der Waals surface area (Å²) in [6.45, 7) is 10.4. The van der Waals surface area contributed by atoms with E-state index in [0.29, 0.717) is 46.9 Å². The van der Waals surface area contributed by atoms with Crippen molar-refractivity contribution >= 4 is 39.2 Å². The second-order valence-corrected chi connectivity index (χ2v) is 15.8. The van der Waals surface area contributed by atoms with Crippen molar-refractivity contribution in [2.24, 2.45) is 34.4 Å². The number of ether oxygens (including phenoxy) is 4. The first-order chi connectivity index (χ1) is 23.3. The number of methoxy groups -OCH3 is 2. The monoisotopic (exact) mass is 737 g/mol. The number of carbonyl (C=O) groups excluding carboxylic acids is 2. The van der Waals surface area contributed by atoms with Crippen LogP contribution in [0.15, 0.2) is 53.2 Å². The van der Waals surface area contributed by atoms with Gasteiger partial charge < -0.3 is 30.0 Å². The van der Waals surface area contributed by atoms with Gasteiger partial charge in [-0.25, -0.2) is 9.79 Å². The summed E-state index contributed by atoms with van der Waals surface area (Å²) in [4.78, 5) is 33.5. The van der Waals surface area contributed by atoms with Gasteiger partial charge in [-0.3, -0.25) is 4.79 Å². The molecule has 0 radical (unpaired) electrons. The summed E-state index contributed by atoms with van der Waals surface area (Å²) in [7, 11) is 3.15. The van der Waals surface area contributed by atoms with E-state index in [1.54, 1.807) is 20.3 Å². The first-order valence-corrected chi connectivity index (χ1v) is 18.6. The van der Waals surface area contributed by atoms with Gasteiger partial charge in [0.1, 0.15) is 28.4 Å². The lowest BCUT2D eigenvalue weighted by atomic mass is 9.48. The topological polar surface area (TPSA) is 121 Å². The minimum Gasteiger partial charge on any atom is -0.496 e. The highest BCUT2D eigenvalue weighted by Gasteiger charge is 2.63. The Bertz CT molecular complexity index is 1540. The summed E-state index contributed by atoms with van der Waals surface area (Å²) in [5, 5.41) is 4.05. The van der Waals surface area contributed by atoms with E-state index in [9.17, 15) is 9.59 Å². The average molecular weight is 739 g/mol. The molecule has 6 rings (SSSR count). The van der Waals surface area contributed by atoms with Gasteiger partial charge in [-0.2, -0.15) is 0 Å². The van der Waals surface area contributed by atoms with Crippen LogP contribution < -0.4 is 25.3 Å². The van der Waals surface area contributed by atoms with Crippen LogP contribution in [-0.4, -0.2) is 54.9 Å². The normalized spacial score (nSPS) is 24.9. The second kappa shape index (κ2) is 15.2. The van der Waals surface area contributed by atoms with Gasteiger partial charge in [0.25, 0.3) is 5.91 Å². The number of amides is 1. The van der Waals surface area contributed by atoms with E-state index in [1.807, 2.05) is 57.2 Å². The number of halogens is 1. The van der Waals surface area contributed by atoms with E-state index in [4.69, 9.17) is 29.7 Å². The van der Waals surface area contributed by atoms with E-state index in [-0.39, 0.29) is 29.4 Å². The molecule has 4 saturated carbocycles. The molecule has 1 amide bonds. The number of alkyl halides is 1. The van der Waals surface area contributed by atoms with Crippen molar-refractivity contribution in [3.8, 4) is 17.2 Å². The van der Waals surface area contributed by atoms with Gasteiger partial charge in [0, 0.05) is 5.33 Å². The Kier molecular flexibility index (Phi) is 11.4. The molecule has 0 saturated heterocycles. The zero-order valence-corrected chi connectivity index (χ0v) is 31.5. The molecule has 49 heavy (non-hydrogen) atoms. The Morgan fingerprint density at radius 1 is 1.02 bits per heavy atom. The van der Waals surface area contributed by atoms with Crippen LogP contribution in [0.5, 0.6) is 17.2 Å². The van der Waals surface area contributed by atoms with Gasteiger partial charge in [-0.15, -0.1) is 0 Å². The smallest absolute Gasteiger partial charge is 0.332 e. The summed E-state index contributed by atoms with van der Waals surface area (Å²) in [5.41, 5.74) is 7.36. The van der Waals surface area contributed by atoms with Crippen molar-refractivity contribution in [2.75, 3.05) is 26.2 Å². The van der Waals surface area contributed by atoms with Crippen LogP contribution in [0.25, 0.3) is 0 Å². The van der Waals surface area contributed by atoms with Crippen LogP contribution in [0.4, 0.5) is 5.69 Å². The number of rotatable bonds is 13. The number of aliphatic imine (C=N–C) groups is 1. The Morgan fingerprint density at radius 2 is 1.63 bits per heavy atom. The van der Waals surface area contributed by atoms with Gasteiger partial charge >= 0.3 is 5.97 Å². The van der Waals surface area contributed by atoms with Crippen LogP contribution in [-0.2, 0) is 14.3 Å². The molecule has 9 nitrogen and oxygen atoms in total. The lowest BCUT2D eigenvalue weighted by Gasteiger charge is -2.59. The molecule has 0 heterocycles. The van der Waals surface area contributed by atoms with Crippen LogP contribution in [0.1, 0.15) is 90.2 Å². The molecule has 2 aromatic rings. The van der Waals surface area contributed by atoms with Crippen molar-refractivity contribution in [3.63, 3.8) is 0 Å². The highest BCUT2D eigenvalue weighted by Crippen LogP contribution is 2.59. The molecule has 4 bridgehead atoms. The minimum atomic E-state index is -1.13. The zero-order chi connectivity index (χ0) is 35.5. The van der Waals surface area contributed by atoms with E-state index in [2.05, 4.69) is 35.1 Å². The molecule has 266 valence electrons. The number of hydrogen-bond donors (Lipinski definition) is 2. The number of nitrogens with zero attached hydrogens (tertiary/aromatic N) is 1. The second-order valence-electron chi connectivity index (χ2n) is 15.0. The van der Waals surface area contributed by atoms with E-state index in [1.165, 1.54) is 6.42 Å². The van der Waals surface area contributed by atoms with Crippen molar-refractivity contribution in [3.05, 3.63) is 59.3 Å². The summed E-state index contributed by atoms with van der Waals surface area (Å²) in [6.07, 6.45) is 7.24. The lowest BCUT2D eigenvalue weighted by Crippen LogP contribution is -2.71. The van der Waals surface area contributed by atoms with E-state index in [0.717, 1.165) is 48.7 Å². The van der Waals surface area contributed by atoms with Crippen molar-refractivity contribution in [2.45, 2.75) is 90.2 Å². The highest BCUT2D eigenvalue weighted by atomic mass is 79.9. The number of hydrogen-bond acceptors (Lipinski definition) is 8. The third kappa shape index (κ3) is 7.95. The molecular weight excluding hydrogens is 686 g/mol. The predicted molar refractivity (Wildman–Crippen MR) is 196 cm³/mol. The number of nitrogens with one attached hydrogen (secondary N) is 1. The maximum Gasteiger partial charge on any atom is 0.332 e. The lowest BCUT2D eigenvalue weighted by molar-refractivity contribution is -0.183. The first-order valence-electron chi connectivity index (χ1n) is 17.4. The van der Waals surface area contributed by atoms with Crippen LogP contribution in [0.3, 0.4) is 0 Å². The third-order valence-electron chi connectivity index (χ3n) is 10.1. The van der Waals surface area contributed by atoms with Gasteiger partial charge in [0.15, 0.2) is 0 Å². The summed E-state index contributed by atoms with van der Waals surface area (Å²) < 4.78 is 23.5. The van der Waals surface area contributed by atoms with E-state index >= 15 is 0 Å². The van der Waals surface area contributed by atoms with Gasteiger partial charge in [-0.1, -0.05) is 35.8 Å². The quantitative estimate of drug-likeness (QED) is 0.0714. The Morgan fingerprint density at radius 3 is 2.16 bits per heavy atom. The number of nitrogens with two attached hydrogens (primary N) is 1. The number of benzene rings is 2. The SMILES string of the molecule is COc1cccc(OC)c1C(C=C(N)C(=O)NC1(C(=O)OC(C)(C)C)C2CC3CC(C2)CC1C3)=Nc1ccc(OCCCBr)cc1C(C)C. The highest BCUT2D eigenvalue weighted by molar-refractivity contribution is 9.09. The van der Waals surface area contributed by atoms with Crippen LogP contribution in [0.2, 0.25) is 0 Å². The molecule has 10 heteroatoms. The van der Waals surface area contributed by atoms with Crippen LogP contribution in [0, 0.1) is 23.7 Å². The molecular formula is C39H52BrN3O6. The molecule has 0 atom stereocenters. The third-order valence-corrected chi connectivity index (χ3v) is 10.7. The predicted octanol–water partition coefficient (Wildman–Crippen LogP) is 7.61. The Labute approximate surface area is 299 Å². The maximum atomic E-state index is 14.2. The van der Waals surface area contributed by atoms with E-state index < -0.39 is 17.0 Å². The van der Waals surface area contributed by atoms with Crippen molar-refractivity contribution in [1.29, 1.82) is 0 Å². The fraction of sp³-hybridized carbons (Fsp3) is 0.564. The molecule has 4 fully saturated rings. The maximum absolute atomic E-state index is 14.2. The molecule has 0 aromatic heterocycles. The fourth-order valence-electron chi connectivity index (χ4n) is 8.18. The minimum absolute atomic E-state index is 0.00153. The molecule has 0 spiro atoms. The number of esters is 1. The average Bonchev–Trinajstić information content (AvgIpc) is 3.04. The van der Waals surface area contributed by atoms with Crippen LogP contribution >= 0.6 is 15.9 Å².